The maximum absolute atomic E-state index is 9.11. The SMILES string of the molecule is CCC/C=C/C=C\C1=C(C)CCN(c2ncnc(NCc3ccc4cc(C#N)ccc4c3)c2C)C1. The van der Waals surface area contributed by atoms with Crippen molar-refractivity contribution in [1.29, 1.82) is 5.26 Å². The monoisotopic (exact) mass is 463 g/mol. The Balaban J connectivity index is 1.46. The molecule has 0 unspecified atom stereocenters. The Morgan fingerprint density at radius 3 is 2.74 bits per heavy atom. The van der Waals surface area contributed by atoms with Crippen LogP contribution in [0.1, 0.15) is 49.8 Å². The number of hydrogen-bond acceptors (Lipinski definition) is 5. The smallest absolute Gasteiger partial charge is 0.137 e. The molecule has 35 heavy (non-hydrogen) atoms. The van der Waals surface area contributed by atoms with E-state index in [1.54, 1.807) is 6.33 Å². The van der Waals surface area contributed by atoms with E-state index in [0.29, 0.717) is 12.1 Å². The van der Waals surface area contributed by atoms with Crippen molar-refractivity contribution in [3.8, 4) is 6.07 Å². The van der Waals surface area contributed by atoms with Gasteiger partial charge in [0.1, 0.15) is 18.0 Å². The van der Waals surface area contributed by atoms with E-state index in [-0.39, 0.29) is 0 Å². The van der Waals surface area contributed by atoms with Crippen LogP contribution in [-0.4, -0.2) is 23.1 Å². The summed E-state index contributed by atoms with van der Waals surface area (Å²) in [7, 11) is 0. The molecule has 3 aromatic rings. The number of nitriles is 1. The highest BCUT2D eigenvalue weighted by Crippen LogP contribution is 2.28. The molecule has 1 aliphatic rings. The summed E-state index contributed by atoms with van der Waals surface area (Å²) < 4.78 is 0. The van der Waals surface area contributed by atoms with E-state index in [9.17, 15) is 0 Å². The third-order valence-corrected chi connectivity index (χ3v) is 6.52. The molecule has 5 heteroatoms. The van der Waals surface area contributed by atoms with E-state index in [1.165, 1.54) is 23.1 Å². The van der Waals surface area contributed by atoms with Crippen molar-refractivity contribution < 1.29 is 0 Å². The number of benzene rings is 2. The highest BCUT2D eigenvalue weighted by Gasteiger charge is 2.19. The Kier molecular flexibility index (Phi) is 7.95. The van der Waals surface area contributed by atoms with Crippen molar-refractivity contribution in [1.82, 2.24) is 9.97 Å². The number of aromatic nitrogens is 2. The highest BCUT2D eigenvalue weighted by atomic mass is 15.2. The predicted molar refractivity (Wildman–Crippen MR) is 145 cm³/mol. The zero-order chi connectivity index (χ0) is 24.6. The first-order valence-corrected chi connectivity index (χ1v) is 12.3. The number of nitrogens with one attached hydrogen (secondary N) is 1. The maximum atomic E-state index is 9.11. The molecule has 2 aromatic carbocycles. The fraction of sp³-hybridized carbons (Fsp3) is 0.300. The van der Waals surface area contributed by atoms with Crippen molar-refractivity contribution >= 4 is 22.4 Å². The second kappa shape index (κ2) is 11.5. The minimum absolute atomic E-state index is 0.671. The molecule has 1 aromatic heterocycles. The van der Waals surface area contributed by atoms with E-state index in [1.807, 2.05) is 18.2 Å². The number of hydrogen-bond donors (Lipinski definition) is 1. The largest absolute Gasteiger partial charge is 0.366 e. The van der Waals surface area contributed by atoms with Crippen LogP contribution in [0, 0.1) is 18.3 Å². The molecule has 0 amide bonds. The Morgan fingerprint density at radius 1 is 1.09 bits per heavy atom. The van der Waals surface area contributed by atoms with Crippen LogP contribution in [0.3, 0.4) is 0 Å². The summed E-state index contributed by atoms with van der Waals surface area (Å²) in [6.45, 7) is 9.01. The fourth-order valence-electron chi connectivity index (χ4n) is 4.37. The Labute approximate surface area is 208 Å². The van der Waals surface area contributed by atoms with E-state index in [4.69, 9.17) is 5.26 Å². The number of allylic oxidation sites excluding steroid dienone is 3. The summed E-state index contributed by atoms with van der Waals surface area (Å²) >= 11 is 0. The Hall–Kier alpha value is -3.91. The molecule has 0 fully saturated rings. The van der Waals surface area contributed by atoms with Gasteiger partial charge >= 0.3 is 0 Å². The van der Waals surface area contributed by atoms with E-state index in [0.717, 1.165) is 53.9 Å². The van der Waals surface area contributed by atoms with Crippen molar-refractivity contribution in [2.75, 3.05) is 23.3 Å². The molecule has 0 aliphatic carbocycles. The molecule has 0 bridgehead atoms. The highest BCUT2D eigenvalue weighted by molar-refractivity contribution is 5.84. The molecule has 178 valence electrons. The van der Waals surface area contributed by atoms with Gasteiger partial charge in [0, 0.05) is 25.2 Å². The first-order chi connectivity index (χ1) is 17.1. The van der Waals surface area contributed by atoms with Crippen LogP contribution in [0.2, 0.25) is 0 Å². The molecule has 0 spiro atoms. The molecule has 0 radical (unpaired) electrons. The minimum Gasteiger partial charge on any atom is -0.366 e. The molecular weight excluding hydrogens is 430 g/mol. The maximum Gasteiger partial charge on any atom is 0.137 e. The van der Waals surface area contributed by atoms with Gasteiger partial charge in [0.2, 0.25) is 0 Å². The number of unbranched alkanes of at least 4 members (excludes halogenated alkanes) is 1. The third-order valence-electron chi connectivity index (χ3n) is 6.52. The van der Waals surface area contributed by atoms with Gasteiger partial charge in [-0.3, -0.25) is 0 Å². The first-order valence-electron chi connectivity index (χ1n) is 12.3. The van der Waals surface area contributed by atoms with Crippen LogP contribution in [0.15, 0.2) is 78.2 Å². The van der Waals surface area contributed by atoms with Crippen LogP contribution < -0.4 is 10.2 Å². The predicted octanol–water partition coefficient (Wildman–Crippen LogP) is 6.86. The van der Waals surface area contributed by atoms with Crippen LogP contribution >= 0.6 is 0 Å². The van der Waals surface area contributed by atoms with Gasteiger partial charge in [-0.2, -0.15) is 5.26 Å². The lowest BCUT2D eigenvalue weighted by atomic mass is 10.0. The lowest BCUT2D eigenvalue weighted by molar-refractivity contribution is 0.752. The lowest BCUT2D eigenvalue weighted by Crippen LogP contribution is -2.32. The molecule has 0 atom stereocenters. The van der Waals surface area contributed by atoms with Crippen LogP contribution in [0.25, 0.3) is 10.8 Å². The number of anilines is 2. The lowest BCUT2D eigenvalue weighted by Gasteiger charge is -2.31. The van der Waals surface area contributed by atoms with Crippen LogP contribution in [-0.2, 0) is 6.54 Å². The zero-order valence-corrected chi connectivity index (χ0v) is 20.9. The molecular formula is C30H33N5. The normalized spacial score (nSPS) is 14.3. The van der Waals surface area contributed by atoms with Crippen molar-refractivity contribution in [3.05, 3.63) is 94.9 Å². The third kappa shape index (κ3) is 5.96. The van der Waals surface area contributed by atoms with E-state index in [2.05, 4.69) is 89.5 Å². The molecule has 0 saturated heterocycles. The molecule has 4 rings (SSSR count). The molecule has 2 heterocycles. The van der Waals surface area contributed by atoms with Crippen molar-refractivity contribution in [2.24, 2.45) is 0 Å². The summed E-state index contributed by atoms with van der Waals surface area (Å²) in [5.41, 5.74) is 5.73. The fourth-order valence-corrected chi connectivity index (χ4v) is 4.37. The zero-order valence-electron chi connectivity index (χ0n) is 20.9. The molecule has 1 aliphatic heterocycles. The Bertz CT molecular complexity index is 1330. The van der Waals surface area contributed by atoms with Crippen molar-refractivity contribution in [2.45, 2.75) is 46.6 Å². The van der Waals surface area contributed by atoms with Gasteiger partial charge in [-0.15, -0.1) is 0 Å². The van der Waals surface area contributed by atoms with Gasteiger partial charge in [-0.1, -0.05) is 61.4 Å². The molecule has 5 nitrogen and oxygen atoms in total. The van der Waals surface area contributed by atoms with Crippen LogP contribution in [0.5, 0.6) is 0 Å². The van der Waals surface area contributed by atoms with Gasteiger partial charge in [0.25, 0.3) is 0 Å². The summed E-state index contributed by atoms with van der Waals surface area (Å²) in [5.74, 6) is 1.85. The van der Waals surface area contributed by atoms with Gasteiger partial charge in [-0.25, -0.2) is 9.97 Å². The quantitative estimate of drug-likeness (QED) is 0.370. The number of rotatable bonds is 8. The van der Waals surface area contributed by atoms with E-state index >= 15 is 0 Å². The standard InChI is InChI=1S/C30H33N5/c1-4-5-6-7-8-9-28-20-35(15-14-22(28)2)30-23(3)29(33-21-34-30)32-19-25-11-13-26-16-24(18-31)10-12-27(26)17-25/h6-13,16-17,21H,4-5,14-15,19-20H2,1-3H3,(H,32,33,34)/b7-6+,9-8-. The second-order valence-corrected chi connectivity index (χ2v) is 9.09. The average molecular weight is 464 g/mol. The minimum atomic E-state index is 0.671. The molecule has 0 saturated carbocycles. The van der Waals surface area contributed by atoms with Crippen LogP contribution in [0.4, 0.5) is 11.6 Å². The van der Waals surface area contributed by atoms with Gasteiger partial charge in [0.15, 0.2) is 0 Å². The van der Waals surface area contributed by atoms with Gasteiger partial charge in [-0.05, 0) is 66.8 Å². The number of fused-ring (bicyclic) bond motifs is 1. The Morgan fingerprint density at radius 2 is 1.91 bits per heavy atom. The van der Waals surface area contributed by atoms with Gasteiger partial charge in [0.05, 0.1) is 11.6 Å². The average Bonchev–Trinajstić information content (AvgIpc) is 2.88. The van der Waals surface area contributed by atoms with Gasteiger partial charge < -0.3 is 10.2 Å². The summed E-state index contributed by atoms with van der Waals surface area (Å²) in [6.07, 6.45) is 13.7. The van der Waals surface area contributed by atoms with Crippen molar-refractivity contribution in [3.63, 3.8) is 0 Å². The summed E-state index contributed by atoms with van der Waals surface area (Å²) in [6, 6.07) is 14.3. The first kappa shape index (κ1) is 24.2. The summed E-state index contributed by atoms with van der Waals surface area (Å²) in [5, 5.41) is 14.8. The second-order valence-electron chi connectivity index (χ2n) is 9.09. The summed E-state index contributed by atoms with van der Waals surface area (Å²) in [4.78, 5) is 11.5. The van der Waals surface area contributed by atoms with E-state index < -0.39 is 0 Å². The number of nitrogens with zero attached hydrogens (tertiary/aromatic N) is 4. The molecule has 1 N–H and O–H groups in total. The topological polar surface area (TPSA) is 64.8 Å².